The van der Waals surface area contributed by atoms with E-state index in [1.807, 2.05) is 6.07 Å². The van der Waals surface area contributed by atoms with Gasteiger partial charge in [0.2, 0.25) is 0 Å². The average molecular weight is 263 g/mol. The zero-order valence-corrected chi connectivity index (χ0v) is 11.5. The van der Waals surface area contributed by atoms with Crippen molar-refractivity contribution in [1.29, 1.82) is 0 Å². The molecule has 0 aromatic carbocycles. The number of nitrogens with zero attached hydrogens (tertiary/aromatic N) is 1. The lowest BCUT2D eigenvalue weighted by Gasteiger charge is -2.33. The van der Waals surface area contributed by atoms with Crippen LogP contribution in [0.2, 0.25) is 0 Å². The summed E-state index contributed by atoms with van der Waals surface area (Å²) < 4.78 is 5.18. The zero-order chi connectivity index (χ0) is 13.8. The van der Waals surface area contributed by atoms with Gasteiger partial charge in [-0.2, -0.15) is 0 Å². The van der Waals surface area contributed by atoms with E-state index in [2.05, 4.69) is 11.9 Å². The van der Waals surface area contributed by atoms with E-state index in [4.69, 9.17) is 4.74 Å². The first-order valence-electron chi connectivity index (χ1n) is 6.87. The van der Waals surface area contributed by atoms with E-state index in [-0.39, 0.29) is 11.8 Å². The molecule has 104 valence electrons. The normalized spacial score (nSPS) is 26.9. The number of hydrogen-bond donors (Lipinski definition) is 1. The second-order valence-corrected chi connectivity index (χ2v) is 5.30. The highest BCUT2D eigenvalue weighted by atomic mass is 16.5. The van der Waals surface area contributed by atoms with Crippen LogP contribution in [0.3, 0.4) is 0 Å². The van der Waals surface area contributed by atoms with Crippen LogP contribution in [0.1, 0.15) is 44.1 Å². The predicted octanol–water partition coefficient (Wildman–Crippen LogP) is 3.08. The summed E-state index contributed by atoms with van der Waals surface area (Å²) in [6, 6.07) is 1.92. The number of hydrogen-bond acceptors (Lipinski definition) is 3. The molecule has 0 bridgehead atoms. The first-order chi connectivity index (χ1) is 9.15. The minimum atomic E-state index is -0.692. The monoisotopic (exact) mass is 263 g/mol. The molecule has 4 heteroatoms. The number of carbonyl (C=O) groups is 1. The Morgan fingerprint density at radius 1 is 1.47 bits per heavy atom. The molecule has 0 amide bonds. The van der Waals surface area contributed by atoms with Gasteiger partial charge < -0.3 is 9.84 Å². The third kappa shape index (κ3) is 3.06. The third-order valence-corrected chi connectivity index (χ3v) is 4.25. The Labute approximate surface area is 113 Å². The van der Waals surface area contributed by atoms with Crippen molar-refractivity contribution in [2.24, 2.45) is 11.8 Å². The van der Waals surface area contributed by atoms with E-state index in [0.29, 0.717) is 11.7 Å². The maximum Gasteiger partial charge on any atom is 0.307 e. The Morgan fingerprint density at radius 2 is 2.26 bits per heavy atom. The quantitative estimate of drug-likeness (QED) is 0.906. The largest absolute Gasteiger partial charge is 0.495 e. The Kier molecular flexibility index (Phi) is 4.40. The zero-order valence-electron chi connectivity index (χ0n) is 11.5. The van der Waals surface area contributed by atoms with Crippen LogP contribution >= 0.6 is 0 Å². The van der Waals surface area contributed by atoms with Gasteiger partial charge in [0.15, 0.2) is 0 Å². The molecule has 1 saturated carbocycles. The molecule has 1 aromatic heterocycles. The van der Waals surface area contributed by atoms with Gasteiger partial charge in [-0.05, 0) is 42.7 Å². The van der Waals surface area contributed by atoms with E-state index in [9.17, 15) is 9.90 Å². The maximum atomic E-state index is 11.4. The van der Waals surface area contributed by atoms with E-state index in [1.54, 1.807) is 19.5 Å². The molecule has 0 saturated heterocycles. The van der Waals surface area contributed by atoms with Gasteiger partial charge in [0.25, 0.3) is 0 Å². The first-order valence-corrected chi connectivity index (χ1v) is 6.87. The van der Waals surface area contributed by atoms with Crippen LogP contribution in [0, 0.1) is 11.8 Å². The fraction of sp³-hybridized carbons (Fsp3) is 0.600. The number of rotatable bonds is 4. The summed E-state index contributed by atoms with van der Waals surface area (Å²) in [7, 11) is 1.60. The summed E-state index contributed by atoms with van der Waals surface area (Å²) in [5.74, 6) is 0.380. The minimum absolute atomic E-state index is 0.0544. The van der Waals surface area contributed by atoms with Gasteiger partial charge in [-0.25, -0.2) is 0 Å². The van der Waals surface area contributed by atoms with Crippen molar-refractivity contribution in [1.82, 2.24) is 4.98 Å². The average Bonchev–Trinajstić information content (AvgIpc) is 2.46. The van der Waals surface area contributed by atoms with Crippen LogP contribution in [0.5, 0.6) is 5.75 Å². The molecule has 3 atom stereocenters. The van der Waals surface area contributed by atoms with Crippen molar-refractivity contribution in [2.45, 2.75) is 38.5 Å². The van der Waals surface area contributed by atoms with E-state index in [0.717, 1.165) is 31.2 Å². The number of pyridine rings is 1. The summed E-state index contributed by atoms with van der Waals surface area (Å²) in [6.45, 7) is 2.17. The van der Waals surface area contributed by atoms with Crippen LogP contribution in [-0.4, -0.2) is 23.2 Å². The molecule has 4 nitrogen and oxygen atoms in total. The standard InChI is InChI=1S/C15H21NO3/c1-3-10-4-5-13(15(17)18)14(6-10)11-7-12(19-2)9-16-8-11/h7-10,13-14H,3-6H2,1-2H3,(H,17,18). The number of methoxy groups -OCH3 is 1. The highest BCUT2D eigenvalue weighted by molar-refractivity contribution is 5.71. The van der Waals surface area contributed by atoms with Crippen LogP contribution in [0.25, 0.3) is 0 Å². The lowest BCUT2D eigenvalue weighted by atomic mass is 9.71. The van der Waals surface area contributed by atoms with Crippen molar-refractivity contribution >= 4 is 5.97 Å². The van der Waals surface area contributed by atoms with Crippen LogP contribution in [0.15, 0.2) is 18.5 Å². The maximum absolute atomic E-state index is 11.4. The summed E-state index contributed by atoms with van der Waals surface area (Å²) in [6.07, 6.45) is 7.25. The number of aromatic nitrogens is 1. The van der Waals surface area contributed by atoms with Gasteiger partial charge in [0, 0.05) is 6.20 Å². The molecule has 1 aliphatic carbocycles. The lowest BCUT2D eigenvalue weighted by molar-refractivity contribution is -0.143. The number of carboxylic acid groups (broad SMARTS) is 1. The molecule has 1 aromatic rings. The molecule has 1 heterocycles. The molecule has 19 heavy (non-hydrogen) atoms. The van der Waals surface area contributed by atoms with Gasteiger partial charge in [0.05, 0.1) is 19.2 Å². The highest BCUT2D eigenvalue weighted by Crippen LogP contribution is 2.42. The fourth-order valence-electron chi connectivity index (χ4n) is 3.04. The van der Waals surface area contributed by atoms with Crippen LogP contribution in [-0.2, 0) is 4.79 Å². The first kappa shape index (κ1) is 13.8. The smallest absolute Gasteiger partial charge is 0.307 e. The fourth-order valence-corrected chi connectivity index (χ4v) is 3.04. The highest BCUT2D eigenvalue weighted by Gasteiger charge is 2.35. The summed E-state index contributed by atoms with van der Waals surface area (Å²) in [5, 5.41) is 9.40. The van der Waals surface area contributed by atoms with Crippen molar-refractivity contribution in [3.05, 3.63) is 24.0 Å². The van der Waals surface area contributed by atoms with E-state index in [1.165, 1.54) is 0 Å². The Balaban J connectivity index is 2.27. The van der Waals surface area contributed by atoms with Gasteiger partial charge in [0.1, 0.15) is 5.75 Å². The number of aliphatic carboxylic acids is 1. The van der Waals surface area contributed by atoms with Gasteiger partial charge in [-0.15, -0.1) is 0 Å². The molecule has 0 spiro atoms. The summed E-state index contributed by atoms with van der Waals surface area (Å²) in [5.41, 5.74) is 0.991. The molecule has 1 N–H and O–H groups in total. The predicted molar refractivity (Wildman–Crippen MR) is 72.3 cm³/mol. The summed E-state index contributed by atoms with van der Waals surface area (Å²) >= 11 is 0. The second-order valence-electron chi connectivity index (χ2n) is 5.30. The molecular formula is C15H21NO3. The van der Waals surface area contributed by atoms with E-state index < -0.39 is 5.97 Å². The molecule has 0 radical (unpaired) electrons. The van der Waals surface area contributed by atoms with Crippen LogP contribution in [0.4, 0.5) is 0 Å². The Morgan fingerprint density at radius 3 is 2.89 bits per heavy atom. The van der Waals surface area contributed by atoms with Crippen molar-refractivity contribution in [3.8, 4) is 5.75 Å². The Hall–Kier alpha value is -1.58. The molecule has 1 fully saturated rings. The number of carboxylic acids is 1. The second kappa shape index (κ2) is 6.04. The topological polar surface area (TPSA) is 59.4 Å². The van der Waals surface area contributed by atoms with Crippen LogP contribution < -0.4 is 4.74 Å². The molecule has 2 rings (SSSR count). The lowest BCUT2D eigenvalue weighted by Crippen LogP contribution is -2.29. The number of ether oxygens (including phenoxy) is 1. The SMILES string of the molecule is CCC1CCC(C(=O)O)C(c2cncc(OC)c2)C1. The van der Waals surface area contributed by atoms with Gasteiger partial charge in [-0.1, -0.05) is 13.3 Å². The summed E-state index contributed by atoms with van der Waals surface area (Å²) in [4.78, 5) is 15.6. The molecule has 0 aliphatic heterocycles. The molecule has 3 unspecified atom stereocenters. The minimum Gasteiger partial charge on any atom is -0.495 e. The third-order valence-electron chi connectivity index (χ3n) is 4.25. The van der Waals surface area contributed by atoms with Crippen molar-refractivity contribution in [3.63, 3.8) is 0 Å². The van der Waals surface area contributed by atoms with Crippen molar-refractivity contribution < 1.29 is 14.6 Å². The molecular weight excluding hydrogens is 242 g/mol. The van der Waals surface area contributed by atoms with Crippen molar-refractivity contribution in [2.75, 3.05) is 7.11 Å². The molecule has 1 aliphatic rings. The van der Waals surface area contributed by atoms with Gasteiger partial charge >= 0.3 is 5.97 Å². The van der Waals surface area contributed by atoms with E-state index >= 15 is 0 Å². The van der Waals surface area contributed by atoms with Gasteiger partial charge in [-0.3, -0.25) is 9.78 Å². The Bertz CT molecular complexity index is 447.